The topological polar surface area (TPSA) is 82.2 Å². The molecule has 2 aromatic carbocycles. The number of anilines is 1. The van der Waals surface area contributed by atoms with Crippen molar-refractivity contribution in [1.82, 2.24) is 14.8 Å². The summed E-state index contributed by atoms with van der Waals surface area (Å²) in [5.41, 5.74) is 2.70. The van der Waals surface area contributed by atoms with Crippen molar-refractivity contribution in [2.45, 2.75) is 39.8 Å². The lowest BCUT2D eigenvalue weighted by atomic mass is 10.0. The number of halogens is 1. The van der Waals surface area contributed by atoms with E-state index in [9.17, 15) is 9.18 Å². The molecule has 0 aliphatic rings. The number of aromatic nitrogens is 3. The standard InChI is InChI=1S/C25H25FN4O3/c1-16(2)20-10-8-17(3)12-23(20)32-14-19-9-11-22(33-19)24(31)28-25-27-15-30(29-25)13-18-6-4-5-7-21(18)26/h4-12,15-16H,13-14H2,1-3H3,(H,28,29,31). The Morgan fingerprint density at radius 3 is 2.79 bits per heavy atom. The SMILES string of the molecule is Cc1ccc(C(C)C)c(OCc2ccc(C(=O)Nc3ncn(Cc4ccccc4F)n3)o2)c1. The highest BCUT2D eigenvalue weighted by atomic mass is 19.1. The monoisotopic (exact) mass is 448 g/mol. The Labute approximate surface area is 191 Å². The summed E-state index contributed by atoms with van der Waals surface area (Å²) in [4.78, 5) is 16.6. The number of nitrogens with one attached hydrogen (secondary N) is 1. The lowest BCUT2D eigenvalue weighted by Gasteiger charge is -2.14. The molecule has 0 saturated heterocycles. The van der Waals surface area contributed by atoms with Crippen LogP contribution in [-0.2, 0) is 13.2 Å². The highest BCUT2D eigenvalue weighted by Crippen LogP contribution is 2.28. The Bertz CT molecular complexity index is 1260. The number of rotatable bonds is 8. The second-order valence-corrected chi connectivity index (χ2v) is 8.06. The van der Waals surface area contributed by atoms with Gasteiger partial charge in [-0.2, -0.15) is 0 Å². The molecule has 0 aliphatic heterocycles. The molecule has 7 nitrogen and oxygen atoms in total. The molecule has 4 rings (SSSR count). The van der Waals surface area contributed by atoms with Crippen molar-refractivity contribution >= 4 is 11.9 Å². The van der Waals surface area contributed by atoms with Crippen LogP contribution in [0.1, 0.15) is 52.8 Å². The first-order chi connectivity index (χ1) is 15.9. The molecule has 170 valence electrons. The van der Waals surface area contributed by atoms with Crippen molar-refractivity contribution in [2.24, 2.45) is 0 Å². The van der Waals surface area contributed by atoms with Gasteiger partial charge < -0.3 is 9.15 Å². The van der Waals surface area contributed by atoms with E-state index in [1.54, 1.807) is 30.3 Å². The van der Waals surface area contributed by atoms with Crippen molar-refractivity contribution in [3.63, 3.8) is 0 Å². The molecule has 0 unspecified atom stereocenters. The minimum atomic E-state index is -0.483. The number of nitrogens with zero attached hydrogens (tertiary/aromatic N) is 3. The van der Waals surface area contributed by atoms with Crippen LogP contribution in [0.15, 0.2) is 65.3 Å². The molecule has 0 fully saturated rings. The molecular weight excluding hydrogens is 423 g/mol. The molecule has 1 amide bonds. The maximum atomic E-state index is 13.8. The summed E-state index contributed by atoms with van der Waals surface area (Å²) in [6.45, 7) is 6.64. The number of furan rings is 1. The second-order valence-electron chi connectivity index (χ2n) is 8.06. The number of hydrogen-bond acceptors (Lipinski definition) is 5. The predicted octanol–water partition coefficient (Wildman–Crippen LogP) is 5.32. The minimum Gasteiger partial charge on any atom is -0.485 e. The third-order valence-electron chi connectivity index (χ3n) is 5.10. The quantitative estimate of drug-likeness (QED) is 0.394. The van der Waals surface area contributed by atoms with E-state index in [0.29, 0.717) is 17.2 Å². The molecule has 0 bridgehead atoms. The normalized spacial score (nSPS) is 11.1. The van der Waals surface area contributed by atoms with Crippen molar-refractivity contribution in [1.29, 1.82) is 0 Å². The van der Waals surface area contributed by atoms with Crippen LogP contribution in [-0.4, -0.2) is 20.7 Å². The van der Waals surface area contributed by atoms with E-state index < -0.39 is 5.91 Å². The molecule has 0 atom stereocenters. The van der Waals surface area contributed by atoms with Gasteiger partial charge in [-0.15, -0.1) is 5.10 Å². The van der Waals surface area contributed by atoms with Crippen LogP contribution in [0.4, 0.5) is 10.3 Å². The van der Waals surface area contributed by atoms with Gasteiger partial charge in [0.2, 0.25) is 5.95 Å². The van der Waals surface area contributed by atoms with Gasteiger partial charge in [-0.1, -0.05) is 44.2 Å². The van der Waals surface area contributed by atoms with Crippen LogP contribution >= 0.6 is 0 Å². The Hall–Kier alpha value is -3.94. The number of benzene rings is 2. The van der Waals surface area contributed by atoms with Crippen LogP contribution < -0.4 is 10.1 Å². The molecule has 0 aliphatic carbocycles. The van der Waals surface area contributed by atoms with Crippen LogP contribution in [0.25, 0.3) is 0 Å². The van der Waals surface area contributed by atoms with Crippen LogP contribution in [0.2, 0.25) is 0 Å². The van der Waals surface area contributed by atoms with Crippen molar-refractivity contribution in [2.75, 3.05) is 5.32 Å². The summed E-state index contributed by atoms with van der Waals surface area (Å²) < 4.78 is 26.9. The molecule has 8 heteroatoms. The van der Waals surface area contributed by atoms with Gasteiger partial charge in [-0.25, -0.2) is 14.1 Å². The van der Waals surface area contributed by atoms with Gasteiger partial charge in [0, 0.05) is 5.56 Å². The summed E-state index contributed by atoms with van der Waals surface area (Å²) in [6, 6.07) is 15.8. The summed E-state index contributed by atoms with van der Waals surface area (Å²) >= 11 is 0. The zero-order chi connectivity index (χ0) is 23.4. The fourth-order valence-corrected chi connectivity index (χ4v) is 3.36. The van der Waals surface area contributed by atoms with Gasteiger partial charge in [0.1, 0.15) is 30.3 Å². The first kappa shape index (κ1) is 22.3. The van der Waals surface area contributed by atoms with Crippen LogP contribution in [0.3, 0.4) is 0 Å². The number of ether oxygens (including phenoxy) is 1. The Kier molecular flexibility index (Phi) is 6.53. The van der Waals surface area contributed by atoms with Crippen LogP contribution in [0, 0.1) is 12.7 Å². The average Bonchev–Trinajstić information content (AvgIpc) is 3.43. The van der Waals surface area contributed by atoms with E-state index in [-0.39, 0.29) is 30.7 Å². The highest BCUT2D eigenvalue weighted by Gasteiger charge is 2.15. The fraction of sp³-hybridized carbons (Fsp3) is 0.240. The number of aryl methyl sites for hydroxylation is 1. The second kappa shape index (κ2) is 9.68. The summed E-state index contributed by atoms with van der Waals surface area (Å²) in [7, 11) is 0. The first-order valence-electron chi connectivity index (χ1n) is 10.7. The third-order valence-corrected chi connectivity index (χ3v) is 5.10. The zero-order valence-electron chi connectivity index (χ0n) is 18.7. The van der Waals surface area contributed by atoms with Gasteiger partial charge in [-0.05, 0) is 48.2 Å². The van der Waals surface area contributed by atoms with E-state index in [1.807, 2.05) is 13.0 Å². The van der Waals surface area contributed by atoms with Gasteiger partial charge in [-0.3, -0.25) is 10.1 Å². The summed E-state index contributed by atoms with van der Waals surface area (Å²) in [5, 5.41) is 6.76. The van der Waals surface area contributed by atoms with Gasteiger partial charge >= 0.3 is 0 Å². The lowest BCUT2D eigenvalue weighted by Crippen LogP contribution is -2.13. The number of hydrogen-bond donors (Lipinski definition) is 1. The number of carbonyl (C=O) groups is 1. The van der Waals surface area contributed by atoms with Crippen LogP contribution in [0.5, 0.6) is 5.75 Å². The zero-order valence-corrected chi connectivity index (χ0v) is 18.7. The molecule has 1 N–H and O–H groups in total. The van der Waals surface area contributed by atoms with E-state index in [4.69, 9.17) is 9.15 Å². The Morgan fingerprint density at radius 2 is 2.00 bits per heavy atom. The van der Waals surface area contributed by atoms with Gasteiger partial charge in [0.25, 0.3) is 5.91 Å². The minimum absolute atomic E-state index is 0.104. The molecule has 2 heterocycles. The largest absolute Gasteiger partial charge is 0.485 e. The number of amides is 1. The molecule has 0 radical (unpaired) electrons. The Morgan fingerprint density at radius 1 is 1.18 bits per heavy atom. The molecule has 0 saturated carbocycles. The maximum Gasteiger partial charge on any atom is 0.293 e. The van der Waals surface area contributed by atoms with E-state index in [1.165, 1.54) is 17.1 Å². The lowest BCUT2D eigenvalue weighted by molar-refractivity contribution is 0.0991. The maximum absolute atomic E-state index is 13.8. The molecule has 2 aromatic heterocycles. The average molecular weight is 448 g/mol. The van der Waals surface area contributed by atoms with Crippen molar-refractivity contribution < 1.29 is 18.3 Å². The Balaban J connectivity index is 1.37. The first-order valence-corrected chi connectivity index (χ1v) is 10.7. The summed E-state index contributed by atoms with van der Waals surface area (Å²) in [5.74, 6) is 1.06. The highest BCUT2D eigenvalue weighted by molar-refractivity contribution is 6.01. The predicted molar refractivity (Wildman–Crippen MR) is 122 cm³/mol. The van der Waals surface area contributed by atoms with Gasteiger partial charge in [0.15, 0.2) is 5.76 Å². The fourth-order valence-electron chi connectivity index (χ4n) is 3.36. The number of carbonyl (C=O) groups excluding carboxylic acids is 1. The molecule has 33 heavy (non-hydrogen) atoms. The molecule has 4 aromatic rings. The van der Waals surface area contributed by atoms with E-state index >= 15 is 0 Å². The van der Waals surface area contributed by atoms with Crippen molar-refractivity contribution in [3.05, 3.63) is 95.0 Å². The molecule has 0 spiro atoms. The van der Waals surface area contributed by atoms with Gasteiger partial charge in [0.05, 0.1) is 6.54 Å². The third kappa shape index (κ3) is 5.46. The van der Waals surface area contributed by atoms with Crippen molar-refractivity contribution in [3.8, 4) is 5.75 Å². The summed E-state index contributed by atoms with van der Waals surface area (Å²) in [6.07, 6.45) is 1.43. The smallest absolute Gasteiger partial charge is 0.293 e. The van der Waals surface area contributed by atoms with E-state index in [0.717, 1.165) is 16.9 Å². The van der Waals surface area contributed by atoms with E-state index in [2.05, 4.69) is 41.4 Å². The molecular formula is C25H25FN4O3.